The number of nitro groups is 1. The van der Waals surface area contributed by atoms with Crippen molar-refractivity contribution in [3.63, 3.8) is 0 Å². The lowest BCUT2D eigenvalue weighted by Gasteiger charge is -2.23. The lowest BCUT2D eigenvalue weighted by Crippen LogP contribution is -2.29. The van der Waals surface area contributed by atoms with Gasteiger partial charge in [-0.15, -0.1) is 0 Å². The number of rotatable bonds is 7. The number of non-ortho nitro benzene ring substituents is 1. The number of hydrogen-bond donors (Lipinski definition) is 1. The fourth-order valence-electron chi connectivity index (χ4n) is 4.35. The first-order valence-corrected chi connectivity index (χ1v) is 14.3. The molecule has 0 saturated carbocycles. The summed E-state index contributed by atoms with van der Waals surface area (Å²) >= 11 is 0.657. The maximum absolute atomic E-state index is 13.4. The minimum Gasteiger partial charge on any atom is -0.507 e. The Labute approximate surface area is 238 Å². The van der Waals surface area contributed by atoms with E-state index >= 15 is 0 Å². The summed E-state index contributed by atoms with van der Waals surface area (Å²) < 4.78 is 31.5. The number of aliphatic hydroxyl groups is 1. The number of Topliss-reactive ketones (excluding diaryl/α,β-unsaturated/α-hetero) is 1. The van der Waals surface area contributed by atoms with Gasteiger partial charge in [-0.05, 0) is 36.8 Å². The zero-order chi connectivity index (χ0) is 29.5. The Bertz CT molecular complexity index is 1810. The first-order chi connectivity index (χ1) is 19.5. The van der Waals surface area contributed by atoms with E-state index in [0.717, 1.165) is 40.9 Å². The van der Waals surface area contributed by atoms with Gasteiger partial charge in [0.2, 0.25) is 9.84 Å². The van der Waals surface area contributed by atoms with Crippen molar-refractivity contribution in [2.75, 3.05) is 12.0 Å². The van der Waals surface area contributed by atoms with Crippen molar-refractivity contribution in [2.24, 2.45) is 0 Å². The summed E-state index contributed by atoms with van der Waals surface area (Å²) in [4.78, 5) is 42.1. The van der Waals surface area contributed by atoms with Gasteiger partial charge >= 0.3 is 5.91 Å². The molecule has 13 heteroatoms. The first-order valence-electron chi connectivity index (χ1n) is 12.0. The monoisotopic (exact) mass is 591 g/mol. The van der Waals surface area contributed by atoms with Crippen LogP contribution < -0.4 is 9.64 Å². The fraction of sp³-hybridized carbons (Fsp3) is 0.107. The molecule has 4 aromatic rings. The van der Waals surface area contributed by atoms with Gasteiger partial charge in [-0.2, -0.15) is 0 Å². The van der Waals surface area contributed by atoms with Crippen LogP contribution in [0.15, 0.2) is 93.7 Å². The number of methoxy groups -OCH3 is 1. The summed E-state index contributed by atoms with van der Waals surface area (Å²) in [6.45, 7) is 1.87. The van der Waals surface area contributed by atoms with E-state index in [2.05, 4.69) is 4.98 Å². The number of carbonyl (C=O) groups is 2. The number of amides is 1. The number of benzene rings is 3. The second kappa shape index (κ2) is 10.6. The molecule has 3 aromatic carbocycles. The number of aliphatic hydroxyl groups excluding tert-OH is 1. The third-order valence-corrected chi connectivity index (χ3v) is 9.73. The molecule has 2 heterocycles. The maximum Gasteiger partial charge on any atom is 0.301 e. The molecule has 1 aromatic heterocycles. The van der Waals surface area contributed by atoms with Crippen LogP contribution in [0.2, 0.25) is 0 Å². The zero-order valence-electron chi connectivity index (χ0n) is 21.5. The molecule has 1 unspecified atom stereocenters. The van der Waals surface area contributed by atoms with Crippen LogP contribution in [0.1, 0.15) is 22.7 Å². The predicted octanol–water partition coefficient (Wildman–Crippen LogP) is 4.83. The average molecular weight is 592 g/mol. The van der Waals surface area contributed by atoms with Gasteiger partial charge in [0.15, 0.2) is 5.13 Å². The SMILES string of the molecule is COc1ccc(C2/C(=C(\O)c3ccc(C)cc3)C(=O)C(=O)N2c2ncc(S(=O)(=O)c3ccc([N+](=O)[O-])cc3)s2)cc1. The van der Waals surface area contributed by atoms with E-state index in [4.69, 9.17) is 4.74 Å². The number of aryl methyl sites for hydroxylation is 1. The van der Waals surface area contributed by atoms with Crippen LogP contribution in [0.3, 0.4) is 0 Å². The van der Waals surface area contributed by atoms with Crippen LogP contribution in [0.25, 0.3) is 5.76 Å². The molecule has 1 aliphatic rings. The van der Waals surface area contributed by atoms with Crippen molar-refractivity contribution >= 4 is 49.4 Å². The van der Waals surface area contributed by atoms with Gasteiger partial charge in [-0.3, -0.25) is 24.6 Å². The molecule has 0 radical (unpaired) electrons. The summed E-state index contributed by atoms with van der Waals surface area (Å²) in [5.74, 6) is -1.82. The van der Waals surface area contributed by atoms with Crippen LogP contribution in [0.5, 0.6) is 5.75 Å². The molecule has 1 amide bonds. The van der Waals surface area contributed by atoms with E-state index in [-0.39, 0.29) is 31.3 Å². The summed E-state index contributed by atoms with van der Waals surface area (Å²) in [5.41, 5.74) is 1.25. The highest BCUT2D eigenvalue weighted by Crippen LogP contribution is 2.44. The van der Waals surface area contributed by atoms with Crippen LogP contribution in [-0.4, -0.2) is 42.2 Å². The molecule has 1 aliphatic heterocycles. The number of hydrogen-bond acceptors (Lipinski definition) is 10. The number of carbonyl (C=O) groups excluding carboxylic acids is 2. The molecule has 208 valence electrons. The van der Waals surface area contributed by atoms with Crippen molar-refractivity contribution in [2.45, 2.75) is 22.1 Å². The van der Waals surface area contributed by atoms with Gasteiger partial charge in [0.05, 0.1) is 34.7 Å². The smallest absolute Gasteiger partial charge is 0.301 e. The summed E-state index contributed by atoms with van der Waals surface area (Å²) in [6, 6.07) is 16.5. The Morgan fingerprint density at radius 2 is 1.66 bits per heavy atom. The number of aromatic nitrogens is 1. The number of anilines is 1. The third-order valence-electron chi connectivity index (χ3n) is 6.50. The van der Waals surface area contributed by atoms with Gasteiger partial charge < -0.3 is 9.84 Å². The molecule has 1 atom stereocenters. The van der Waals surface area contributed by atoms with E-state index in [9.17, 15) is 33.2 Å². The summed E-state index contributed by atoms with van der Waals surface area (Å²) in [6.07, 6.45) is 1.06. The molecular formula is C28H21N3O8S2. The highest BCUT2D eigenvalue weighted by Gasteiger charge is 2.48. The van der Waals surface area contributed by atoms with E-state index < -0.39 is 32.5 Å². The number of ether oxygens (including phenoxy) is 1. The summed E-state index contributed by atoms with van der Waals surface area (Å²) in [5, 5.41) is 22.1. The Morgan fingerprint density at radius 3 is 2.24 bits per heavy atom. The normalized spacial score (nSPS) is 16.6. The Hall–Kier alpha value is -4.88. The minimum atomic E-state index is -4.16. The molecule has 41 heavy (non-hydrogen) atoms. The number of nitro benzene ring substituents is 1. The Kier molecular flexibility index (Phi) is 7.15. The lowest BCUT2D eigenvalue weighted by molar-refractivity contribution is -0.384. The van der Waals surface area contributed by atoms with Crippen LogP contribution in [-0.2, 0) is 19.4 Å². The Balaban J connectivity index is 1.62. The fourth-order valence-corrected chi connectivity index (χ4v) is 6.89. The van der Waals surface area contributed by atoms with Gasteiger partial charge in [0, 0.05) is 17.7 Å². The molecule has 1 saturated heterocycles. The zero-order valence-corrected chi connectivity index (χ0v) is 23.2. The standard InChI is InChI=1S/C28H21N3O8S2/c1-16-3-5-18(6-4-16)25(32)23-24(17-7-11-20(39-2)12-8-17)30(27(34)26(23)33)28-29-15-22(40-28)41(37,38)21-13-9-19(10-14-21)31(35)36/h3-15,24,32H,1-2H3/b25-23+. The minimum absolute atomic E-state index is 0.0867. The van der Waals surface area contributed by atoms with Crippen molar-refractivity contribution in [1.29, 1.82) is 0 Å². The van der Waals surface area contributed by atoms with Crippen molar-refractivity contribution in [3.05, 3.63) is 111 Å². The van der Waals surface area contributed by atoms with Gasteiger partial charge in [0.1, 0.15) is 15.7 Å². The van der Waals surface area contributed by atoms with Crippen LogP contribution in [0.4, 0.5) is 10.8 Å². The largest absolute Gasteiger partial charge is 0.507 e. The highest BCUT2D eigenvalue weighted by atomic mass is 32.2. The van der Waals surface area contributed by atoms with E-state index in [1.165, 1.54) is 7.11 Å². The van der Waals surface area contributed by atoms with Gasteiger partial charge in [-0.25, -0.2) is 13.4 Å². The Morgan fingerprint density at radius 1 is 1.02 bits per heavy atom. The predicted molar refractivity (Wildman–Crippen MR) is 150 cm³/mol. The molecule has 1 fully saturated rings. The number of nitrogens with zero attached hydrogens (tertiary/aromatic N) is 3. The van der Waals surface area contributed by atoms with Crippen molar-refractivity contribution < 1.29 is 32.8 Å². The average Bonchev–Trinajstić information content (AvgIpc) is 3.56. The van der Waals surface area contributed by atoms with Gasteiger partial charge in [-0.1, -0.05) is 53.3 Å². The first kappa shape index (κ1) is 27.7. The van der Waals surface area contributed by atoms with E-state index in [0.29, 0.717) is 28.2 Å². The topological polar surface area (TPSA) is 157 Å². The molecule has 1 N–H and O–H groups in total. The van der Waals surface area contributed by atoms with Crippen molar-refractivity contribution in [3.8, 4) is 5.75 Å². The number of ketones is 1. The quantitative estimate of drug-likeness (QED) is 0.105. The van der Waals surface area contributed by atoms with E-state index in [1.807, 2.05) is 6.92 Å². The molecule has 0 spiro atoms. The number of sulfone groups is 1. The molecule has 0 bridgehead atoms. The maximum atomic E-state index is 13.4. The van der Waals surface area contributed by atoms with Gasteiger partial charge in [0.25, 0.3) is 11.5 Å². The second-order valence-electron chi connectivity index (χ2n) is 9.02. The highest BCUT2D eigenvalue weighted by molar-refractivity contribution is 7.93. The summed E-state index contributed by atoms with van der Waals surface area (Å²) in [7, 11) is -2.67. The molecule has 0 aliphatic carbocycles. The second-order valence-corrected chi connectivity index (χ2v) is 12.2. The third kappa shape index (κ3) is 4.96. The van der Waals surface area contributed by atoms with Crippen LogP contribution >= 0.6 is 11.3 Å². The lowest BCUT2D eigenvalue weighted by atomic mass is 9.95. The molecule has 5 rings (SSSR count). The number of thiazole rings is 1. The van der Waals surface area contributed by atoms with Crippen LogP contribution in [0, 0.1) is 17.0 Å². The van der Waals surface area contributed by atoms with E-state index in [1.54, 1.807) is 48.5 Å². The molecule has 11 nitrogen and oxygen atoms in total. The van der Waals surface area contributed by atoms with Crippen molar-refractivity contribution in [1.82, 2.24) is 4.98 Å². The molecular weight excluding hydrogens is 570 g/mol.